The number of anilines is 1. The molecule has 1 aliphatic heterocycles. The van der Waals surface area contributed by atoms with Crippen molar-refractivity contribution in [2.24, 2.45) is 0 Å². The third-order valence-corrected chi connectivity index (χ3v) is 7.60. The Bertz CT molecular complexity index is 1000. The van der Waals surface area contributed by atoms with Crippen LogP contribution in [0.1, 0.15) is 68.1 Å². The molecule has 1 amide bonds. The molecule has 2 unspecified atom stereocenters. The maximum absolute atomic E-state index is 12.9. The summed E-state index contributed by atoms with van der Waals surface area (Å²) in [5, 5.41) is 10.6. The Morgan fingerprint density at radius 3 is 2.32 bits per heavy atom. The average Bonchev–Trinajstić information content (AvgIpc) is 3.22. The van der Waals surface area contributed by atoms with E-state index in [4.69, 9.17) is 9.15 Å². The number of benzene rings is 1. The molecule has 1 saturated heterocycles. The number of ether oxygens (including phenoxy) is 1. The molecular weight excluding hydrogens is 420 g/mol. The number of amides is 1. The summed E-state index contributed by atoms with van der Waals surface area (Å²) >= 11 is 0. The Morgan fingerprint density at radius 1 is 1.03 bits per heavy atom. The lowest BCUT2D eigenvalue weighted by Crippen LogP contribution is -2.48. The topological polar surface area (TPSA) is 115 Å². The number of carbonyl (C=O) groups is 1. The molecule has 2 aromatic rings. The predicted octanol–water partition coefficient (Wildman–Crippen LogP) is 3.17. The first-order valence-corrected chi connectivity index (χ1v) is 12.2. The molecule has 1 aromatic carbocycles. The highest BCUT2D eigenvalue weighted by Crippen LogP contribution is 2.32. The number of carbonyl (C=O) groups excluding carboxylic acids is 1. The van der Waals surface area contributed by atoms with Gasteiger partial charge in [0.25, 0.3) is 5.91 Å². The first-order chi connectivity index (χ1) is 14.8. The number of morpholine rings is 1. The van der Waals surface area contributed by atoms with Gasteiger partial charge in [-0.2, -0.15) is 4.31 Å². The van der Waals surface area contributed by atoms with Gasteiger partial charge in [0.2, 0.25) is 15.9 Å². The van der Waals surface area contributed by atoms with Crippen molar-refractivity contribution in [1.82, 2.24) is 14.5 Å². The molecule has 1 aromatic heterocycles. The largest absolute Gasteiger partial charge is 0.408 e. The molecule has 31 heavy (non-hydrogen) atoms. The molecule has 0 bridgehead atoms. The van der Waals surface area contributed by atoms with Crippen LogP contribution < -0.4 is 5.32 Å². The van der Waals surface area contributed by atoms with E-state index in [9.17, 15) is 13.2 Å². The molecule has 4 rings (SSSR count). The number of nitrogens with one attached hydrogen (secondary N) is 1. The average molecular weight is 449 g/mol. The Hall–Kier alpha value is -2.30. The summed E-state index contributed by atoms with van der Waals surface area (Å²) in [6, 6.07) is 5.90. The first kappa shape index (κ1) is 21.9. The molecule has 1 aliphatic carbocycles. The summed E-state index contributed by atoms with van der Waals surface area (Å²) in [7, 11) is -3.66. The standard InChI is InChI=1S/C21H28N4O5S/c1-14-12-25(13-15(2)29-14)31(27,28)18-10-8-16(9-11-18)19(26)22-21-24-23-20(30-21)17-6-4-3-5-7-17/h8-11,14-15,17H,3-7,12-13H2,1-2H3,(H,22,24,26). The fraction of sp³-hybridized carbons (Fsp3) is 0.571. The summed E-state index contributed by atoms with van der Waals surface area (Å²) in [5.74, 6) is 0.379. The molecule has 1 saturated carbocycles. The zero-order chi connectivity index (χ0) is 22.0. The van der Waals surface area contributed by atoms with E-state index in [1.165, 1.54) is 35.0 Å². The molecule has 2 fully saturated rings. The molecule has 168 valence electrons. The van der Waals surface area contributed by atoms with Crippen molar-refractivity contribution in [2.75, 3.05) is 18.4 Å². The lowest BCUT2D eigenvalue weighted by atomic mass is 9.89. The smallest absolute Gasteiger partial charge is 0.322 e. The van der Waals surface area contributed by atoms with Crippen molar-refractivity contribution in [3.05, 3.63) is 35.7 Å². The second-order valence-electron chi connectivity index (χ2n) is 8.34. The summed E-state index contributed by atoms with van der Waals surface area (Å²) in [6.07, 6.45) is 5.22. The Morgan fingerprint density at radius 2 is 1.68 bits per heavy atom. The molecule has 10 heteroatoms. The third kappa shape index (κ3) is 4.97. The Balaban J connectivity index is 1.42. The van der Waals surface area contributed by atoms with E-state index in [0.29, 0.717) is 24.5 Å². The molecule has 2 heterocycles. The third-order valence-electron chi connectivity index (χ3n) is 5.76. The Kier molecular flexibility index (Phi) is 6.40. The van der Waals surface area contributed by atoms with Crippen LogP contribution in [-0.4, -0.2) is 54.1 Å². The summed E-state index contributed by atoms with van der Waals surface area (Å²) in [4.78, 5) is 12.7. The van der Waals surface area contributed by atoms with Crippen LogP contribution in [0.15, 0.2) is 33.6 Å². The van der Waals surface area contributed by atoms with Crippen molar-refractivity contribution in [3.63, 3.8) is 0 Å². The normalized spacial score (nSPS) is 23.5. The van der Waals surface area contributed by atoms with E-state index >= 15 is 0 Å². The van der Waals surface area contributed by atoms with E-state index in [1.807, 2.05) is 13.8 Å². The summed E-state index contributed by atoms with van der Waals surface area (Å²) in [5.41, 5.74) is 0.306. The fourth-order valence-electron chi connectivity index (χ4n) is 4.22. The van der Waals surface area contributed by atoms with Gasteiger partial charge in [-0.25, -0.2) is 8.42 Å². The maximum atomic E-state index is 12.9. The van der Waals surface area contributed by atoms with Gasteiger partial charge in [-0.3, -0.25) is 10.1 Å². The summed E-state index contributed by atoms with van der Waals surface area (Å²) < 4.78 is 38.5. The van der Waals surface area contributed by atoms with Crippen molar-refractivity contribution in [2.45, 2.75) is 69.0 Å². The van der Waals surface area contributed by atoms with E-state index in [-0.39, 0.29) is 29.0 Å². The second-order valence-corrected chi connectivity index (χ2v) is 10.3. The number of aromatic nitrogens is 2. The molecule has 0 radical (unpaired) electrons. The molecular formula is C21H28N4O5S. The zero-order valence-electron chi connectivity index (χ0n) is 17.8. The van der Waals surface area contributed by atoms with Gasteiger partial charge in [0.05, 0.1) is 17.1 Å². The maximum Gasteiger partial charge on any atom is 0.322 e. The van der Waals surface area contributed by atoms with E-state index in [0.717, 1.165) is 25.7 Å². The highest BCUT2D eigenvalue weighted by molar-refractivity contribution is 7.89. The van der Waals surface area contributed by atoms with Crippen molar-refractivity contribution >= 4 is 21.9 Å². The first-order valence-electron chi connectivity index (χ1n) is 10.7. The fourth-order valence-corrected chi connectivity index (χ4v) is 5.81. The highest BCUT2D eigenvalue weighted by Gasteiger charge is 2.32. The van der Waals surface area contributed by atoms with Gasteiger partial charge in [-0.1, -0.05) is 24.4 Å². The minimum Gasteiger partial charge on any atom is -0.408 e. The van der Waals surface area contributed by atoms with Crippen LogP contribution >= 0.6 is 0 Å². The summed E-state index contributed by atoms with van der Waals surface area (Å²) in [6.45, 7) is 4.30. The number of hydrogen-bond donors (Lipinski definition) is 1. The lowest BCUT2D eigenvalue weighted by Gasteiger charge is -2.34. The minimum atomic E-state index is -3.66. The van der Waals surface area contributed by atoms with Gasteiger partial charge >= 0.3 is 6.01 Å². The van der Waals surface area contributed by atoms with Gasteiger partial charge < -0.3 is 9.15 Å². The van der Waals surface area contributed by atoms with E-state index < -0.39 is 15.9 Å². The van der Waals surface area contributed by atoms with Crippen LogP contribution in [0.5, 0.6) is 0 Å². The van der Waals surface area contributed by atoms with Crippen LogP contribution in [0, 0.1) is 0 Å². The van der Waals surface area contributed by atoms with Crippen molar-refractivity contribution in [1.29, 1.82) is 0 Å². The SMILES string of the molecule is CC1CN(S(=O)(=O)c2ccc(C(=O)Nc3nnc(C4CCCCC4)o3)cc2)CC(C)O1. The van der Waals surface area contributed by atoms with Crippen LogP contribution in [0.2, 0.25) is 0 Å². The van der Waals surface area contributed by atoms with Crippen molar-refractivity contribution < 1.29 is 22.4 Å². The molecule has 2 atom stereocenters. The van der Waals surface area contributed by atoms with Gasteiger partial charge in [0, 0.05) is 24.6 Å². The van der Waals surface area contributed by atoms with Crippen LogP contribution in [0.3, 0.4) is 0 Å². The molecule has 0 spiro atoms. The lowest BCUT2D eigenvalue weighted by molar-refractivity contribution is -0.0440. The zero-order valence-corrected chi connectivity index (χ0v) is 18.6. The van der Waals surface area contributed by atoms with Gasteiger partial charge in [0.1, 0.15) is 0 Å². The molecule has 9 nitrogen and oxygen atoms in total. The van der Waals surface area contributed by atoms with Gasteiger partial charge in [0.15, 0.2) is 0 Å². The number of sulfonamides is 1. The number of rotatable bonds is 5. The van der Waals surface area contributed by atoms with Crippen LogP contribution in [0.4, 0.5) is 6.01 Å². The number of nitrogens with zero attached hydrogens (tertiary/aromatic N) is 3. The van der Waals surface area contributed by atoms with E-state index in [2.05, 4.69) is 15.5 Å². The second kappa shape index (κ2) is 9.05. The molecule has 2 aliphatic rings. The Labute approximate surface area is 182 Å². The molecule has 1 N–H and O–H groups in total. The highest BCUT2D eigenvalue weighted by atomic mass is 32.2. The van der Waals surface area contributed by atoms with Crippen LogP contribution in [0.25, 0.3) is 0 Å². The van der Waals surface area contributed by atoms with E-state index in [1.54, 1.807) is 0 Å². The number of hydrogen-bond acceptors (Lipinski definition) is 7. The predicted molar refractivity (Wildman–Crippen MR) is 113 cm³/mol. The van der Waals surface area contributed by atoms with Crippen LogP contribution in [-0.2, 0) is 14.8 Å². The van der Waals surface area contributed by atoms with Gasteiger partial charge in [-0.05, 0) is 51.0 Å². The monoisotopic (exact) mass is 448 g/mol. The van der Waals surface area contributed by atoms with Gasteiger partial charge in [-0.15, -0.1) is 5.10 Å². The van der Waals surface area contributed by atoms with Crippen molar-refractivity contribution in [3.8, 4) is 0 Å². The quantitative estimate of drug-likeness (QED) is 0.747. The minimum absolute atomic E-state index is 0.0542.